The Hall–Kier alpha value is -3.95. The highest BCUT2D eigenvalue weighted by Crippen LogP contribution is 2.30. The number of sulfonamides is 1. The third-order valence-electron chi connectivity index (χ3n) is 5.44. The first-order chi connectivity index (χ1) is 16.8. The van der Waals surface area contributed by atoms with E-state index in [1.165, 1.54) is 43.6 Å². The van der Waals surface area contributed by atoms with Crippen molar-refractivity contribution in [1.29, 1.82) is 0 Å². The van der Waals surface area contributed by atoms with Crippen LogP contribution in [0.2, 0.25) is 0 Å². The maximum atomic E-state index is 13.4. The molecule has 3 aromatic carbocycles. The Balaban J connectivity index is 1.69. The second kappa shape index (κ2) is 10.1. The van der Waals surface area contributed by atoms with E-state index in [1.54, 1.807) is 4.68 Å². The number of methoxy groups -OCH3 is 1. The molecule has 1 amide bonds. The highest BCUT2D eigenvalue weighted by Gasteiger charge is 2.25. The molecular formula is C26H26N4O4S. The molecule has 0 fully saturated rings. The fourth-order valence-electron chi connectivity index (χ4n) is 3.71. The molecule has 0 bridgehead atoms. The first-order valence-electron chi connectivity index (χ1n) is 10.9. The molecule has 0 atom stereocenters. The van der Waals surface area contributed by atoms with E-state index in [4.69, 9.17) is 9.84 Å². The van der Waals surface area contributed by atoms with E-state index in [1.807, 2.05) is 66.9 Å². The van der Waals surface area contributed by atoms with Crippen LogP contribution in [0.4, 0.5) is 5.69 Å². The van der Waals surface area contributed by atoms with Gasteiger partial charge in [0.25, 0.3) is 0 Å². The largest absolute Gasteiger partial charge is 0.495 e. The van der Waals surface area contributed by atoms with E-state index in [-0.39, 0.29) is 23.1 Å². The molecule has 0 aliphatic rings. The number of nitrogens with zero attached hydrogens (tertiary/aromatic N) is 3. The summed E-state index contributed by atoms with van der Waals surface area (Å²) < 4.78 is 35.2. The molecular weight excluding hydrogens is 464 g/mol. The lowest BCUT2D eigenvalue weighted by Crippen LogP contribution is -2.26. The van der Waals surface area contributed by atoms with Crippen molar-refractivity contribution in [3.05, 3.63) is 90.6 Å². The molecule has 1 aromatic heterocycles. The van der Waals surface area contributed by atoms with Gasteiger partial charge < -0.3 is 10.1 Å². The third kappa shape index (κ3) is 5.26. The predicted octanol–water partition coefficient (Wildman–Crippen LogP) is 4.33. The molecule has 0 radical (unpaired) electrons. The van der Waals surface area contributed by atoms with Gasteiger partial charge in [-0.25, -0.2) is 13.1 Å². The highest BCUT2D eigenvalue weighted by molar-refractivity contribution is 7.89. The monoisotopic (exact) mass is 490 g/mol. The van der Waals surface area contributed by atoms with E-state index in [0.29, 0.717) is 11.4 Å². The zero-order chi connectivity index (χ0) is 25.0. The van der Waals surface area contributed by atoms with E-state index in [0.717, 1.165) is 16.8 Å². The van der Waals surface area contributed by atoms with Crippen molar-refractivity contribution in [2.45, 2.75) is 18.4 Å². The number of hydrogen-bond acceptors (Lipinski definition) is 5. The molecule has 1 heterocycles. The number of anilines is 1. The Morgan fingerprint density at radius 1 is 1.03 bits per heavy atom. The van der Waals surface area contributed by atoms with Crippen molar-refractivity contribution in [2.75, 3.05) is 19.5 Å². The minimum absolute atomic E-state index is 0.0580. The average Bonchev–Trinajstić information content (AvgIpc) is 3.28. The van der Waals surface area contributed by atoms with Crippen LogP contribution in [0.5, 0.6) is 5.75 Å². The predicted molar refractivity (Wildman–Crippen MR) is 135 cm³/mol. The van der Waals surface area contributed by atoms with Crippen LogP contribution in [-0.2, 0) is 21.4 Å². The molecule has 9 heteroatoms. The lowest BCUT2D eigenvalue weighted by atomic mass is 10.1. The number of benzene rings is 3. The molecule has 4 aromatic rings. The fraction of sp³-hybridized carbons (Fsp3) is 0.154. The Bertz CT molecular complexity index is 1430. The quantitative estimate of drug-likeness (QED) is 0.397. The summed E-state index contributed by atoms with van der Waals surface area (Å²) in [5.41, 5.74) is 3.63. The molecule has 0 aliphatic heterocycles. The minimum atomic E-state index is -3.87. The number of ether oxygens (including phenoxy) is 1. The zero-order valence-electron chi connectivity index (χ0n) is 19.7. The molecule has 4 rings (SSSR count). The number of hydrogen-bond donors (Lipinski definition) is 1. The van der Waals surface area contributed by atoms with Gasteiger partial charge in [0.1, 0.15) is 5.75 Å². The highest BCUT2D eigenvalue weighted by atomic mass is 32.2. The summed E-state index contributed by atoms with van der Waals surface area (Å²) in [5, 5.41) is 7.39. The summed E-state index contributed by atoms with van der Waals surface area (Å²) >= 11 is 0. The number of amides is 1. The van der Waals surface area contributed by atoms with Gasteiger partial charge in [0.05, 0.1) is 29.1 Å². The Morgan fingerprint density at radius 3 is 2.31 bits per heavy atom. The van der Waals surface area contributed by atoms with Crippen molar-refractivity contribution in [1.82, 2.24) is 14.1 Å². The van der Waals surface area contributed by atoms with Crippen LogP contribution >= 0.6 is 0 Å². The van der Waals surface area contributed by atoms with Crippen LogP contribution in [0, 0.1) is 0 Å². The van der Waals surface area contributed by atoms with E-state index >= 15 is 0 Å². The second-order valence-electron chi connectivity index (χ2n) is 7.95. The van der Waals surface area contributed by atoms with Gasteiger partial charge in [-0.15, -0.1) is 0 Å². The molecule has 0 saturated heterocycles. The number of carbonyl (C=O) groups is 1. The molecule has 35 heavy (non-hydrogen) atoms. The van der Waals surface area contributed by atoms with Gasteiger partial charge in [-0.05, 0) is 24.3 Å². The van der Waals surface area contributed by atoms with Crippen molar-refractivity contribution >= 4 is 21.6 Å². The molecule has 0 spiro atoms. The molecule has 8 nitrogen and oxygen atoms in total. The van der Waals surface area contributed by atoms with Crippen LogP contribution in [0.15, 0.2) is 90.0 Å². The van der Waals surface area contributed by atoms with Gasteiger partial charge in [-0.1, -0.05) is 48.5 Å². The number of carbonyl (C=O) groups excluding carboxylic acids is 1. The molecule has 0 aliphatic carbocycles. The Morgan fingerprint density at radius 2 is 1.69 bits per heavy atom. The summed E-state index contributed by atoms with van der Waals surface area (Å²) in [6.07, 6.45) is 1.85. The van der Waals surface area contributed by atoms with Crippen LogP contribution < -0.4 is 10.1 Å². The van der Waals surface area contributed by atoms with Crippen molar-refractivity contribution in [3.63, 3.8) is 0 Å². The first kappa shape index (κ1) is 24.2. The van der Waals surface area contributed by atoms with Crippen LogP contribution in [-0.4, -0.2) is 42.6 Å². The number of nitrogens with one attached hydrogen (secondary N) is 1. The van der Waals surface area contributed by atoms with Crippen LogP contribution in [0.25, 0.3) is 16.9 Å². The number of para-hydroxylation sites is 1. The van der Waals surface area contributed by atoms with E-state index in [9.17, 15) is 13.2 Å². The van der Waals surface area contributed by atoms with Gasteiger partial charge in [0.2, 0.25) is 15.9 Å². The topological polar surface area (TPSA) is 93.5 Å². The normalized spacial score (nSPS) is 11.4. The lowest BCUT2D eigenvalue weighted by molar-refractivity contribution is -0.114. The smallest absolute Gasteiger partial charge is 0.243 e. The van der Waals surface area contributed by atoms with Gasteiger partial charge in [-0.2, -0.15) is 9.40 Å². The number of rotatable bonds is 8. The van der Waals surface area contributed by atoms with Crippen molar-refractivity contribution < 1.29 is 17.9 Å². The summed E-state index contributed by atoms with van der Waals surface area (Å²) in [6, 6.07) is 23.7. The van der Waals surface area contributed by atoms with Crippen molar-refractivity contribution in [2.24, 2.45) is 0 Å². The SMILES string of the molecule is COc1cc(S(=O)(=O)N(C)Cc2cn(-c3ccccc3)nc2-c2ccccc2)ccc1NC(C)=O. The fourth-order valence-corrected chi connectivity index (χ4v) is 4.87. The number of aromatic nitrogens is 2. The van der Waals surface area contributed by atoms with Crippen LogP contribution in [0.1, 0.15) is 12.5 Å². The molecule has 0 unspecified atom stereocenters. The molecule has 180 valence electrons. The second-order valence-corrected chi connectivity index (χ2v) is 10.00. The maximum absolute atomic E-state index is 13.4. The summed E-state index contributed by atoms with van der Waals surface area (Å²) in [4.78, 5) is 11.5. The summed E-state index contributed by atoms with van der Waals surface area (Å²) in [7, 11) is -0.918. The molecule has 1 N–H and O–H groups in total. The van der Waals surface area contributed by atoms with Gasteiger partial charge >= 0.3 is 0 Å². The Kier molecular flexibility index (Phi) is 6.99. The van der Waals surface area contributed by atoms with Crippen molar-refractivity contribution in [3.8, 4) is 22.7 Å². The van der Waals surface area contributed by atoms with Crippen LogP contribution in [0.3, 0.4) is 0 Å². The lowest BCUT2D eigenvalue weighted by Gasteiger charge is -2.18. The zero-order valence-corrected chi connectivity index (χ0v) is 20.5. The van der Waals surface area contributed by atoms with E-state index < -0.39 is 10.0 Å². The third-order valence-corrected chi connectivity index (χ3v) is 7.24. The Labute approximate surface area is 204 Å². The van der Waals surface area contributed by atoms with Gasteiger partial charge in [-0.3, -0.25) is 4.79 Å². The van der Waals surface area contributed by atoms with E-state index in [2.05, 4.69) is 5.32 Å². The maximum Gasteiger partial charge on any atom is 0.243 e. The van der Waals surface area contributed by atoms with Gasteiger partial charge in [0.15, 0.2) is 0 Å². The standard InChI is InChI=1S/C26H26N4O4S/c1-19(31)27-24-15-14-23(16-25(24)34-3)35(32,33)29(2)17-21-18-30(22-12-8-5-9-13-22)28-26(21)20-10-6-4-7-11-20/h4-16,18H,17H2,1-3H3,(H,27,31). The minimum Gasteiger partial charge on any atom is -0.495 e. The van der Waals surface area contributed by atoms with Gasteiger partial charge in [0, 0.05) is 43.9 Å². The summed E-state index contributed by atoms with van der Waals surface area (Å²) in [5.74, 6) is -0.0172. The average molecular weight is 491 g/mol. The summed E-state index contributed by atoms with van der Waals surface area (Å²) in [6.45, 7) is 1.48. The first-order valence-corrected chi connectivity index (χ1v) is 12.3. The molecule has 0 saturated carbocycles.